The molecule has 2 unspecified atom stereocenters. The molecule has 5 rings (SSSR count). The van der Waals surface area contributed by atoms with Gasteiger partial charge in [0.1, 0.15) is 0 Å². The topological polar surface area (TPSA) is 130 Å². The van der Waals surface area contributed by atoms with Gasteiger partial charge < -0.3 is 10.1 Å². The maximum Gasteiger partial charge on any atom is 0.414 e. The van der Waals surface area contributed by atoms with Gasteiger partial charge in [-0.25, -0.2) is 10.4 Å². The van der Waals surface area contributed by atoms with Crippen LogP contribution >= 0.6 is 0 Å². The molecule has 25 heavy (non-hydrogen) atoms. The van der Waals surface area contributed by atoms with Crippen molar-refractivity contribution in [2.45, 2.75) is 43.8 Å². The minimum Gasteiger partial charge on any atom is -0.322 e. The first-order valence-electron chi connectivity index (χ1n) is 8.40. The zero-order chi connectivity index (χ0) is 17.7. The standard InChI is InChI=1S/C13H22N4O7S/c18-11(15-22-7-9-2-1-5-14-6-9)10-3-4-13-8-16(10)12(23-13)17(13)24-25(19,20)21/h9-10,12,14H,1-8H2,(H,15,18)(H,19,20,21)/t9-,10+,12?,13-/m1/s1. The summed E-state index contributed by atoms with van der Waals surface area (Å²) in [6.45, 7) is 2.68. The summed E-state index contributed by atoms with van der Waals surface area (Å²) >= 11 is 0. The van der Waals surface area contributed by atoms with Crippen molar-refractivity contribution < 1.29 is 31.6 Å². The van der Waals surface area contributed by atoms with E-state index < -0.39 is 28.5 Å². The molecular weight excluding hydrogens is 356 g/mol. The van der Waals surface area contributed by atoms with E-state index in [2.05, 4.69) is 15.1 Å². The Bertz CT molecular complexity index is 640. The van der Waals surface area contributed by atoms with Crippen LogP contribution in [0.1, 0.15) is 25.7 Å². The van der Waals surface area contributed by atoms with Crippen LogP contribution in [-0.2, 0) is 29.1 Å². The SMILES string of the molecule is O=C(NOC[C@@H]1CCCNC1)[C@@H]1CC[C@]23CN1C(O2)N3OS(=O)(=O)O. The van der Waals surface area contributed by atoms with E-state index in [0.29, 0.717) is 31.9 Å². The Balaban J connectivity index is 1.30. The van der Waals surface area contributed by atoms with E-state index >= 15 is 0 Å². The first-order chi connectivity index (χ1) is 11.9. The third-order valence-corrected chi connectivity index (χ3v) is 5.57. The Hall–Kier alpha value is -0.860. The van der Waals surface area contributed by atoms with Crippen molar-refractivity contribution in [3.8, 4) is 0 Å². The summed E-state index contributed by atoms with van der Waals surface area (Å²) < 4.78 is 41.0. The van der Waals surface area contributed by atoms with Crippen LogP contribution < -0.4 is 10.8 Å². The fourth-order valence-electron chi connectivity index (χ4n) is 4.01. The average Bonchev–Trinajstić information content (AvgIpc) is 2.98. The smallest absolute Gasteiger partial charge is 0.322 e. The van der Waals surface area contributed by atoms with Gasteiger partial charge in [0.15, 0.2) is 12.1 Å². The molecule has 3 N–H and O–H groups in total. The molecule has 0 radical (unpaired) electrons. The number of nitrogens with one attached hydrogen (secondary N) is 2. The van der Waals surface area contributed by atoms with Gasteiger partial charge in [0.25, 0.3) is 5.91 Å². The van der Waals surface area contributed by atoms with Crippen molar-refractivity contribution in [1.29, 1.82) is 0 Å². The molecule has 0 aliphatic carbocycles. The lowest BCUT2D eigenvalue weighted by atomic mass is 9.98. The molecule has 0 saturated carbocycles. The van der Waals surface area contributed by atoms with E-state index in [1.807, 2.05) is 0 Å². The van der Waals surface area contributed by atoms with E-state index in [1.54, 1.807) is 4.90 Å². The Kier molecular flexibility index (Phi) is 4.48. The first-order valence-corrected chi connectivity index (χ1v) is 9.77. The van der Waals surface area contributed by atoms with Gasteiger partial charge in [-0.3, -0.25) is 14.2 Å². The first kappa shape index (κ1) is 17.5. The molecule has 1 spiro atoms. The number of carbonyl (C=O) groups excluding carboxylic acids is 1. The highest BCUT2D eigenvalue weighted by atomic mass is 32.3. The average molecular weight is 378 g/mol. The molecule has 0 aromatic carbocycles. The molecule has 5 heterocycles. The maximum absolute atomic E-state index is 12.4. The fraction of sp³-hybridized carbons (Fsp3) is 0.923. The number of nitrogens with zero attached hydrogens (tertiary/aromatic N) is 2. The highest BCUT2D eigenvalue weighted by Crippen LogP contribution is 2.52. The van der Waals surface area contributed by atoms with Gasteiger partial charge >= 0.3 is 10.4 Å². The number of amides is 1. The quantitative estimate of drug-likeness (QED) is 0.373. The monoisotopic (exact) mass is 378 g/mol. The van der Waals surface area contributed by atoms with Gasteiger partial charge in [-0.05, 0) is 38.1 Å². The van der Waals surface area contributed by atoms with Crippen LogP contribution in [0.5, 0.6) is 0 Å². The van der Waals surface area contributed by atoms with E-state index in [-0.39, 0.29) is 5.91 Å². The van der Waals surface area contributed by atoms with Gasteiger partial charge in [-0.15, -0.1) is 4.28 Å². The highest BCUT2D eigenvalue weighted by molar-refractivity contribution is 7.80. The van der Waals surface area contributed by atoms with Crippen molar-refractivity contribution in [3.63, 3.8) is 0 Å². The minimum atomic E-state index is -4.63. The summed E-state index contributed by atoms with van der Waals surface area (Å²) in [7, 11) is -4.63. The number of rotatable bonds is 6. The van der Waals surface area contributed by atoms with Crippen LogP contribution in [0.2, 0.25) is 0 Å². The summed E-state index contributed by atoms with van der Waals surface area (Å²) in [5.41, 5.74) is 1.58. The van der Waals surface area contributed by atoms with Gasteiger partial charge in [0, 0.05) is 13.1 Å². The lowest BCUT2D eigenvalue weighted by Crippen LogP contribution is -2.63. The molecule has 5 fully saturated rings. The summed E-state index contributed by atoms with van der Waals surface area (Å²) in [5, 5.41) is 4.39. The molecule has 5 saturated heterocycles. The lowest BCUT2D eigenvalue weighted by molar-refractivity contribution is -0.415. The molecule has 12 heteroatoms. The zero-order valence-corrected chi connectivity index (χ0v) is 14.4. The summed E-state index contributed by atoms with van der Waals surface area (Å²) in [6.07, 6.45) is 2.26. The Morgan fingerprint density at radius 2 is 2.28 bits per heavy atom. The van der Waals surface area contributed by atoms with Gasteiger partial charge in [-0.1, -0.05) is 5.06 Å². The van der Waals surface area contributed by atoms with E-state index in [1.165, 1.54) is 0 Å². The van der Waals surface area contributed by atoms with Crippen molar-refractivity contribution in [2.75, 3.05) is 26.2 Å². The van der Waals surface area contributed by atoms with E-state index in [0.717, 1.165) is 31.0 Å². The molecule has 5 aliphatic heterocycles. The predicted molar refractivity (Wildman–Crippen MR) is 81.5 cm³/mol. The van der Waals surface area contributed by atoms with Crippen molar-refractivity contribution in [3.05, 3.63) is 0 Å². The molecular formula is C13H22N4O7S. The highest BCUT2D eigenvalue weighted by Gasteiger charge is 2.70. The fourth-order valence-corrected chi connectivity index (χ4v) is 4.43. The third kappa shape index (κ3) is 3.28. The Morgan fingerprint density at radius 1 is 1.44 bits per heavy atom. The van der Waals surface area contributed by atoms with Crippen molar-refractivity contribution in [1.82, 2.24) is 20.8 Å². The number of piperidine rings is 2. The van der Waals surface area contributed by atoms with Crippen LogP contribution in [-0.4, -0.2) is 73.2 Å². The van der Waals surface area contributed by atoms with Crippen LogP contribution in [0.3, 0.4) is 0 Å². The van der Waals surface area contributed by atoms with Gasteiger partial charge in [-0.2, -0.15) is 8.42 Å². The predicted octanol–water partition coefficient (Wildman–Crippen LogP) is -1.44. The summed E-state index contributed by atoms with van der Waals surface area (Å²) in [4.78, 5) is 19.5. The molecule has 142 valence electrons. The normalized spacial score (nSPS) is 40.5. The zero-order valence-electron chi connectivity index (χ0n) is 13.6. The number of ether oxygens (including phenoxy) is 1. The Labute approximate surface area is 145 Å². The van der Waals surface area contributed by atoms with E-state index in [9.17, 15) is 13.2 Å². The molecule has 11 nitrogen and oxygen atoms in total. The van der Waals surface area contributed by atoms with Gasteiger partial charge in [0.05, 0.1) is 12.6 Å². The maximum atomic E-state index is 12.4. The lowest BCUT2D eigenvalue weighted by Gasteiger charge is -2.45. The third-order valence-electron chi connectivity index (χ3n) is 5.22. The molecule has 0 aromatic rings. The molecule has 5 atom stereocenters. The number of carbonyl (C=O) groups is 1. The minimum absolute atomic E-state index is 0.290. The Morgan fingerprint density at radius 3 is 3.00 bits per heavy atom. The second-order valence-corrected chi connectivity index (χ2v) is 7.94. The molecule has 3 bridgehead atoms. The van der Waals surface area contributed by atoms with Crippen LogP contribution in [0.15, 0.2) is 0 Å². The van der Waals surface area contributed by atoms with Gasteiger partial charge in [0.2, 0.25) is 0 Å². The number of hydroxylamine groups is 3. The number of hydrogen-bond acceptors (Lipinski definition) is 9. The molecule has 5 aliphatic rings. The second-order valence-electron chi connectivity index (χ2n) is 6.93. The molecule has 1 amide bonds. The second kappa shape index (κ2) is 6.39. The number of hydrogen-bond donors (Lipinski definition) is 3. The largest absolute Gasteiger partial charge is 0.414 e. The van der Waals surface area contributed by atoms with Crippen LogP contribution in [0, 0.1) is 5.92 Å². The molecule has 0 aromatic heterocycles. The van der Waals surface area contributed by atoms with Crippen LogP contribution in [0.25, 0.3) is 0 Å². The summed E-state index contributed by atoms with van der Waals surface area (Å²) in [6, 6.07) is -0.500. The van der Waals surface area contributed by atoms with Crippen molar-refractivity contribution >= 4 is 16.3 Å². The van der Waals surface area contributed by atoms with Crippen molar-refractivity contribution in [2.24, 2.45) is 5.92 Å². The summed E-state index contributed by atoms with van der Waals surface area (Å²) in [5.74, 6) is 0.0897. The van der Waals surface area contributed by atoms with Crippen LogP contribution in [0.4, 0.5) is 0 Å². The van der Waals surface area contributed by atoms with E-state index in [4.69, 9.17) is 14.1 Å².